The molecule has 0 fully saturated rings. The molecule has 0 saturated carbocycles. The van der Waals surface area contributed by atoms with Gasteiger partial charge in [-0.1, -0.05) is 11.6 Å². The van der Waals surface area contributed by atoms with Crippen molar-refractivity contribution in [3.63, 3.8) is 0 Å². The second kappa shape index (κ2) is 5.19. The maximum absolute atomic E-state index is 13.0. The molecule has 1 heterocycles. The van der Waals surface area contributed by atoms with Gasteiger partial charge in [-0.05, 0) is 18.2 Å². The molecule has 0 aliphatic heterocycles. The van der Waals surface area contributed by atoms with Crippen molar-refractivity contribution in [1.29, 1.82) is 0 Å². The summed E-state index contributed by atoms with van der Waals surface area (Å²) in [6.07, 6.45) is 1.21. The summed E-state index contributed by atoms with van der Waals surface area (Å²) in [7, 11) is 0. The van der Waals surface area contributed by atoms with Gasteiger partial charge in [0.1, 0.15) is 17.5 Å². The Labute approximate surface area is 112 Å². The molecule has 0 aliphatic carbocycles. The third-order valence-electron chi connectivity index (χ3n) is 2.25. The van der Waals surface area contributed by atoms with Gasteiger partial charge in [0, 0.05) is 18.0 Å². The first-order chi connectivity index (χ1) is 8.95. The number of amides is 1. The molecule has 0 saturated heterocycles. The van der Waals surface area contributed by atoms with Gasteiger partial charge in [-0.15, -0.1) is 0 Å². The summed E-state index contributed by atoms with van der Waals surface area (Å²) in [6.45, 7) is 0. The molecule has 1 aromatic heterocycles. The monoisotopic (exact) mass is 283 g/mol. The predicted molar refractivity (Wildman–Crippen MR) is 68.0 cm³/mol. The van der Waals surface area contributed by atoms with Crippen LogP contribution in [-0.2, 0) is 0 Å². The SMILES string of the molecule is Nc1ncc(C(=O)Nc2cc(F)cc(F)c2)cc1Cl. The molecule has 4 nitrogen and oxygen atoms in total. The van der Waals surface area contributed by atoms with Crippen molar-refractivity contribution in [1.82, 2.24) is 4.98 Å². The first-order valence-corrected chi connectivity index (χ1v) is 5.52. The minimum Gasteiger partial charge on any atom is -0.382 e. The Morgan fingerprint density at radius 2 is 1.84 bits per heavy atom. The van der Waals surface area contributed by atoms with Gasteiger partial charge in [-0.25, -0.2) is 13.8 Å². The second-order valence-electron chi connectivity index (χ2n) is 3.70. The quantitative estimate of drug-likeness (QED) is 0.890. The molecule has 0 radical (unpaired) electrons. The Balaban J connectivity index is 2.22. The zero-order valence-electron chi connectivity index (χ0n) is 9.45. The van der Waals surface area contributed by atoms with Gasteiger partial charge in [-0.2, -0.15) is 0 Å². The Morgan fingerprint density at radius 3 is 2.42 bits per heavy atom. The van der Waals surface area contributed by atoms with E-state index >= 15 is 0 Å². The number of nitrogen functional groups attached to an aromatic ring is 1. The average Bonchev–Trinajstić information content (AvgIpc) is 2.31. The number of anilines is 2. The zero-order valence-corrected chi connectivity index (χ0v) is 10.2. The van der Waals surface area contributed by atoms with E-state index in [1.807, 2.05) is 0 Å². The summed E-state index contributed by atoms with van der Waals surface area (Å²) in [6, 6.07) is 4.01. The average molecular weight is 284 g/mol. The minimum absolute atomic E-state index is 0.00422. The van der Waals surface area contributed by atoms with Gasteiger partial charge in [0.15, 0.2) is 0 Å². The lowest BCUT2D eigenvalue weighted by atomic mass is 10.2. The van der Waals surface area contributed by atoms with Gasteiger partial charge < -0.3 is 11.1 Å². The maximum Gasteiger partial charge on any atom is 0.257 e. The zero-order chi connectivity index (χ0) is 14.0. The second-order valence-corrected chi connectivity index (χ2v) is 4.11. The lowest BCUT2D eigenvalue weighted by molar-refractivity contribution is 0.102. The van der Waals surface area contributed by atoms with Crippen LogP contribution in [0.1, 0.15) is 10.4 Å². The lowest BCUT2D eigenvalue weighted by Crippen LogP contribution is -2.13. The van der Waals surface area contributed by atoms with E-state index in [0.29, 0.717) is 6.07 Å². The van der Waals surface area contributed by atoms with Crippen molar-refractivity contribution < 1.29 is 13.6 Å². The fourth-order valence-electron chi connectivity index (χ4n) is 1.40. The van der Waals surface area contributed by atoms with Crippen molar-refractivity contribution in [3.8, 4) is 0 Å². The number of benzene rings is 1. The van der Waals surface area contributed by atoms with Crippen molar-refractivity contribution in [2.45, 2.75) is 0 Å². The van der Waals surface area contributed by atoms with Crippen LogP contribution in [0.25, 0.3) is 0 Å². The van der Waals surface area contributed by atoms with Gasteiger partial charge in [0.25, 0.3) is 5.91 Å². The van der Waals surface area contributed by atoms with Crippen LogP contribution in [0, 0.1) is 11.6 Å². The third kappa shape index (κ3) is 3.17. The minimum atomic E-state index is -0.788. The van der Waals surface area contributed by atoms with Gasteiger partial charge in [0.2, 0.25) is 0 Å². The normalized spacial score (nSPS) is 10.3. The molecule has 98 valence electrons. The molecular formula is C12H8ClF2N3O. The highest BCUT2D eigenvalue weighted by Gasteiger charge is 2.10. The standard InChI is InChI=1S/C12H8ClF2N3O/c13-10-1-6(5-17-11(10)16)12(19)18-9-3-7(14)2-8(15)4-9/h1-5H,(H2,16,17)(H,18,19). The van der Waals surface area contributed by atoms with Gasteiger partial charge in [0.05, 0.1) is 10.6 Å². The third-order valence-corrected chi connectivity index (χ3v) is 2.55. The van der Waals surface area contributed by atoms with Crippen LogP contribution in [0.15, 0.2) is 30.5 Å². The smallest absolute Gasteiger partial charge is 0.257 e. The van der Waals surface area contributed by atoms with Crippen molar-refractivity contribution in [2.24, 2.45) is 0 Å². The summed E-state index contributed by atoms with van der Waals surface area (Å²) in [5.74, 6) is -2.08. The van der Waals surface area contributed by atoms with Crippen LogP contribution in [-0.4, -0.2) is 10.9 Å². The largest absolute Gasteiger partial charge is 0.382 e. The first-order valence-electron chi connectivity index (χ1n) is 5.14. The number of hydrogen-bond donors (Lipinski definition) is 2. The van der Waals surface area contributed by atoms with E-state index in [1.165, 1.54) is 12.3 Å². The Bertz CT molecular complexity index is 629. The van der Waals surface area contributed by atoms with Crippen LogP contribution >= 0.6 is 11.6 Å². The van der Waals surface area contributed by atoms with Crippen molar-refractivity contribution >= 4 is 29.0 Å². The Kier molecular flexibility index (Phi) is 3.62. The Hall–Kier alpha value is -2.21. The number of pyridine rings is 1. The molecular weight excluding hydrogens is 276 g/mol. The molecule has 3 N–H and O–H groups in total. The highest BCUT2D eigenvalue weighted by Crippen LogP contribution is 2.18. The van der Waals surface area contributed by atoms with Crippen LogP contribution in [0.4, 0.5) is 20.3 Å². The van der Waals surface area contributed by atoms with Crippen LogP contribution in [0.3, 0.4) is 0 Å². The molecule has 2 rings (SSSR count). The molecule has 1 amide bonds. The fraction of sp³-hybridized carbons (Fsp3) is 0. The summed E-state index contributed by atoms with van der Waals surface area (Å²) in [5, 5.41) is 2.45. The number of halogens is 3. The van der Waals surface area contributed by atoms with E-state index in [2.05, 4.69) is 10.3 Å². The van der Waals surface area contributed by atoms with Crippen molar-refractivity contribution in [3.05, 3.63) is 52.7 Å². The molecule has 0 spiro atoms. The molecule has 2 aromatic rings. The van der Waals surface area contributed by atoms with Gasteiger partial charge >= 0.3 is 0 Å². The topological polar surface area (TPSA) is 68.0 Å². The molecule has 19 heavy (non-hydrogen) atoms. The van der Waals surface area contributed by atoms with E-state index in [-0.39, 0.29) is 22.1 Å². The van der Waals surface area contributed by atoms with E-state index in [4.69, 9.17) is 17.3 Å². The number of hydrogen-bond acceptors (Lipinski definition) is 3. The van der Waals surface area contributed by atoms with E-state index < -0.39 is 17.5 Å². The summed E-state index contributed by atoms with van der Waals surface area (Å²) >= 11 is 5.72. The molecule has 0 unspecified atom stereocenters. The van der Waals surface area contributed by atoms with E-state index in [9.17, 15) is 13.6 Å². The molecule has 0 aliphatic rings. The van der Waals surface area contributed by atoms with E-state index in [1.54, 1.807) is 0 Å². The number of nitrogens with two attached hydrogens (primary N) is 1. The van der Waals surface area contributed by atoms with Crippen molar-refractivity contribution in [2.75, 3.05) is 11.1 Å². The summed E-state index contributed by atoms with van der Waals surface area (Å²) < 4.78 is 25.9. The number of carbonyl (C=O) groups excluding carboxylic acids is 1. The number of aromatic nitrogens is 1. The molecule has 0 bridgehead atoms. The number of carbonyl (C=O) groups is 1. The highest BCUT2D eigenvalue weighted by molar-refractivity contribution is 6.33. The number of rotatable bonds is 2. The summed E-state index contributed by atoms with van der Waals surface area (Å²) in [4.78, 5) is 15.5. The maximum atomic E-state index is 13.0. The summed E-state index contributed by atoms with van der Waals surface area (Å²) in [5.41, 5.74) is 5.53. The van der Waals surface area contributed by atoms with E-state index in [0.717, 1.165) is 12.1 Å². The van der Waals surface area contributed by atoms with Gasteiger partial charge in [-0.3, -0.25) is 4.79 Å². The lowest BCUT2D eigenvalue weighted by Gasteiger charge is -2.06. The fourth-order valence-corrected chi connectivity index (χ4v) is 1.57. The number of nitrogens with one attached hydrogen (secondary N) is 1. The molecule has 1 aromatic carbocycles. The molecule has 7 heteroatoms. The Morgan fingerprint density at radius 1 is 1.21 bits per heavy atom. The van der Waals surface area contributed by atoms with Crippen LogP contribution < -0.4 is 11.1 Å². The first kappa shape index (κ1) is 13.2. The van der Waals surface area contributed by atoms with Crippen LogP contribution in [0.5, 0.6) is 0 Å². The van der Waals surface area contributed by atoms with Crippen LogP contribution in [0.2, 0.25) is 5.02 Å². The number of nitrogens with zero attached hydrogens (tertiary/aromatic N) is 1. The molecule has 0 atom stereocenters. The highest BCUT2D eigenvalue weighted by atomic mass is 35.5. The predicted octanol–water partition coefficient (Wildman–Crippen LogP) is 2.85.